The topological polar surface area (TPSA) is 62.2 Å². The van der Waals surface area contributed by atoms with Gasteiger partial charge in [0, 0.05) is 0 Å². The second-order valence-corrected chi connectivity index (χ2v) is 1.33. The summed E-state index contributed by atoms with van der Waals surface area (Å²) in [5.41, 5.74) is 0.771. The summed E-state index contributed by atoms with van der Waals surface area (Å²) >= 11 is 0. The Bertz CT molecular complexity index is 135. The smallest absolute Gasteiger partial charge is 0.0818 e. The maximum absolute atomic E-state index is 7.01. The van der Waals surface area contributed by atoms with Gasteiger partial charge in [0.15, 0.2) is 0 Å². The van der Waals surface area contributed by atoms with Crippen LogP contribution in [0.4, 0.5) is 0 Å². The molecule has 0 bridgehead atoms. The van der Waals surface area contributed by atoms with Crippen LogP contribution in [0, 0.1) is 5.41 Å². The molecule has 3 heteroatoms. The zero-order valence-electron chi connectivity index (χ0n) is 4.81. The molecule has 0 aromatic heterocycles. The van der Waals surface area contributed by atoms with Crippen molar-refractivity contribution in [1.29, 1.82) is 5.41 Å². The third-order valence-corrected chi connectivity index (χ3v) is 0.788. The number of hydrogen-bond acceptors (Lipinski definition) is 3. The molecule has 0 aliphatic heterocycles. The van der Waals surface area contributed by atoms with Gasteiger partial charge >= 0.3 is 0 Å². The van der Waals surface area contributed by atoms with Crippen LogP contribution in [0.1, 0.15) is 6.92 Å². The Morgan fingerprint density at radius 1 is 1.88 bits per heavy atom. The van der Waals surface area contributed by atoms with Crippen LogP contribution in [0.15, 0.2) is 17.8 Å². The number of nitrogens with one attached hydrogen (secondary N) is 1. The quantitative estimate of drug-likeness (QED) is 0.304. The number of hydrazone groups is 1. The van der Waals surface area contributed by atoms with E-state index in [0.29, 0.717) is 5.71 Å². The molecule has 0 atom stereocenters. The van der Waals surface area contributed by atoms with Crippen LogP contribution in [0.2, 0.25) is 0 Å². The normalized spacial score (nSPS) is 10.9. The zero-order chi connectivity index (χ0) is 6.57. The Labute approximate surface area is 48.4 Å². The van der Waals surface area contributed by atoms with E-state index in [-0.39, 0.29) is 5.71 Å². The minimum atomic E-state index is 0.271. The first-order valence-corrected chi connectivity index (χ1v) is 2.18. The average molecular weight is 111 g/mol. The van der Waals surface area contributed by atoms with Gasteiger partial charge in [0.2, 0.25) is 0 Å². The predicted octanol–water partition coefficient (Wildman–Crippen LogP) is 0.527. The van der Waals surface area contributed by atoms with Gasteiger partial charge in [-0.25, -0.2) is 0 Å². The molecule has 0 aliphatic rings. The highest BCUT2D eigenvalue weighted by Gasteiger charge is 1.90. The van der Waals surface area contributed by atoms with E-state index in [1.165, 1.54) is 6.08 Å². The van der Waals surface area contributed by atoms with Gasteiger partial charge in [-0.3, -0.25) is 5.41 Å². The molecule has 0 saturated carbocycles. The summed E-state index contributed by atoms with van der Waals surface area (Å²) in [5.74, 6) is 4.85. The van der Waals surface area contributed by atoms with Crippen LogP contribution in [0.25, 0.3) is 0 Å². The third-order valence-electron chi connectivity index (χ3n) is 0.788. The lowest BCUT2D eigenvalue weighted by Gasteiger charge is -1.89. The van der Waals surface area contributed by atoms with E-state index < -0.39 is 0 Å². The number of nitrogens with zero attached hydrogens (tertiary/aromatic N) is 1. The summed E-state index contributed by atoms with van der Waals surface area (Å²) in [5, 5.41) is 10.3. The van der Waals surface area contributed by atoms with Gasteiger partial charge in [-0.2, -0.15) is 5.10 Å². The van der Waals surface area contributed by atoms with Gasteiger partial charge in [-0.1, -0.05) is 6.58 Å². The zero-order valence-corrected chi connectivity index (χ0v) is 4.81. The first-order valence-electron chi connectivity index (χ1n) is 2.18. The molecule has 0 aliphatic carbocycles. The summed E-state index contributed by atoms with van der Waals surface area (Å²) in [6.45, 7) is 5.03. The minimum Gasteiger partial charge on any atom is -0.323 e. The van der Waals surface area contributed by atoms with E-state index >= 15 is 0 Å². The van der Waals surface area contributed by atoms with Crippen molar-refractivity contribution in [2.24, 2.45) is 10.9 Å². The van der Waals surface area contributed by atoms with Crippen molar-refractivity contribution in [2.45, 2.75) is 6.92 Å². The van der Waals surface area contributed by atoms with Crippen LogP contribution in [0.5, 0.6) is 0 Å². The Morgan fingerprint density at radius 2 is 2.38 bits per heavy atom. The molecule has 0 aromatic rings. The number of hydrogen-bond donors (Lipinski definition) is 2. The minimum absolute atomic E-state index is 0.271. The fraction of sp³-hybridized carbons (Fsp3) is 0.200. The fourth-order valence-electron chi connectivity index (χ4n) is 0.217. The van der Waals surface area contributed by atoms with Crippen molar-refractivity contribution in [2.75, 3.05) is 0 Å². The van der Waals surface area contributed by atoms with Gasteiger partial charge in [0.25, 0.3) is 0 Å². The lowest BCUT2D eigenvalue weighted by Crippen LogP contribution is -2.06. The maximum Gasteiger partial charge on any atom is 0.0818 e. The second-order valence-electron chi connectivity index (χ2n) is 1.33. The van der Waals surface area contributed by atoms with Gasteiger partial charge < -0.3 is 5.84 Å². The highest BCUT2D eigenvalue weighted by Crippen LogP contribution is 1.77. The molecule has 0 fully saturated rings. The molecule has 0 aromatic carbocycles. The summed E-state index contributed by atoms with van der Waals surface area (Å²) in [6.07, 6.45) is 1.39. The molecule has 0 amide bonds. The van der Waals surface area contributed by atoms with Gasteiger partial charge in [-0.05, 0) is 13.0 Å². The highest BCUT2D eigenvalue weighted by atomic mass is 15.1. The average Bonchev–Trinajstić information content (AvgIpc) is 1.84. The molecule has 0 spiro atoms. The van der Waals surface area contributed by atoms with Crippen molar-refractivity contribution < 1.29 is 0 Å². The van der Waals surface area contributed by atoms with E-state index in [1.807, 2.05) is 0 Å². The molecule has 0 heterocycles. The van der Waals surface area contributed by atoms with Crippen LogP contribution in [-0.2, 0) is 0 Å². The highest BCUT2D eigenvalue weighted by molar-refractivity contribution is 6.44. The SMILES string of the molecule is C=CC(=N)C(C)=NN. The molecule has 3 nitrogen and oxygen atoms in total. The molecule has 0 saturated heterocycles. The summed E-state index contributed by atoms with van der Waals surface area (Å²) < 4.78 is 0. The monoisotopic (exact) mass is 111 g/mol. The summed E-state index contributed by atoms with van der Waals surface area (Å²) in [7, 11) is 0. The molecular formula is C5H9N3. The number of allylic oxidation sites excluding steroid dienone is 1. The standard InChI is InChI=1S/C5H9N3/c1-3-5(6)4(2)8-7/h3,6H,1,7H2,2H3. The van der Waals surface area contributed by atoms with E-state index in [4.69, 9.17) is 11.3 Å². The molecule has 8 heavy (non-hydrogen) atoms. The lowest BCUT2D eigenvalue weighted by atomic mass is 10.3. The van der Waals surface area contributed by atoms with E-state index in [0.717, 1.165) is 0 Å². The third kappa shape index (κ3) is 1.55. The van der Waals surface area contributed by atoms with Crippen LogP contribution < -0.4 is 5.84 Å². The summed E-state index contributed by atoms with van der Waals surface area (Å²) in [4.78, 5) is 0. The van der Waals surface area contributed by atoms with Gasteiger partial charge in [0.05, 0.1) is 11.4 Å². The van der Waals surface area contributed by atoms with Crippen molar-refractivity contribution >= 4 is 11.4 Å². The maximum atomic E-state index is 7.01. The van der Waals surface area contributed by atoms with Gasteiger partial charge in [0.1, 0.15) is 0 Å². The summed E-state index contributed by atoms with van der Waals surface area (Å²) in [6, 6.07) is 0. The molecule has 44 valence electrons. The van der Waals surface area contributed by atoms with E-state index in [2.05, 4.69) is 11.7 Å². The van der Waals surface area contributed by atoms with Crippen molar-refractivity contribution in [3.63, 3.8) is 0 Å². The van der Waals surface area contributed by atoms with Crippen molar-refractivity contribution in [3.05, 3.63) is 12.7 Å². The Kier molecular flexibility index (Phi) is 2.54. The van der Waals surface area contributed by atoms with E-state index in [9.17, 15) is 0 Å². The van der Waals surface area contributed by atoms with Gasteiger partial charge in [-0.15, -0.1) is 0 Å². The van der Waals surface area contributed by atoms with Crippen LogP contribution >= 0.6 is 0 Å². The molecule has 0 unspecified atom stereocenters. The predicted molar refractivity (Wildman–Crippen MR) is 35.2 cm³/mol. The Morgan fingerprint density at radius 3 is 2.50 bits per heavy atom. The van der Waals surface area contributed by atoms with Crippen molar-refractivity contribution in [1.82, 2.24) is 0 Å². The fourth-order valence-corrected chi connectivity index (χ4v) is 0.217. The van der Waals surface area contributed by atoms with Crippen LogP contribution in [-0.4, -0.2) is 11.4 Å². The first-order chi connectivity index (χ1) is 3.72. The lowest BCUT2D eigenvalue weighted by molar-refractivity contribution is 1.25. The molecule has 3 N–H and O–H groups in total. The molecular weight excluding hydrogens is 102 g/mol. The Hall–Kier alpha value is -1.12. The molecule has 0 rings (SSSR count). The van der Waals surface area contributed by atoms with Crippen LogP contribution in [0.3, 0.4) is 0 Å². The second kappa shape index (κ2) is 2.96. The van der Waals surface area contributed by atoms with Crippen molar-refractivity contribution in [3.8, 4) is 0 Å². The molecule has 0 radical (unpaired) electrons. The number of rotatable bonds is 2. The Balaban J connectivity index is 4.03. The first kappa shape index (κ1) is 6.88. The van der Waals surface area contributed by atoms with E-state index in [1.54, 1.807) is 6.92 Å². The largest absolute Gasteiger partial charge is 0.323 e. The number of nitrogens with two attached hydrogens (primary N) is 1.